The van der Waals surface area contributed by atoms with Crippen LogP contribution in [0.3, 0.4) is 0 Å². The van der Waals surface area contributed by atoms with Crippen LogP contribution in [0.4, 0.5) is 0 Å². The Labute approximate surface area is 177 Å². The molecule has 0 saturated carbocycles. The first-order valence-electron chi connectivity index (χ1n) is 8.46. The number of para-hydroxylation sites is 2. The van der Waals surface area contributed by atoms with Gasteiger partial charge in [0.2, 0.25) is 0 Å². The van der Waals surface area contributed by atoms with E-state index in [1.807, 2.05) is 12.1 Å². The summed E-state index contributed by atoms with van der Waals surface area (Å²) in [6.45, 7) is 2.17. The number of benzene rings is 2. The Balaban J connectivity index is 0.00000338. The van der Waals surface area contributed by atoms with Crippen molar-refractivity contribution >= 4 is 10.1 Å². The van der Waals surface area contributed by atoms with E-state index < -0.39 is 20.8 Å². The van der Waals surface area contributed by atoms with E-state index in [9.17, 15) is 13.5 Å². The van der Waals surface area contributed by atoms with Crippen molar-refractivity contribution in [2.45, 2.75) is 50.3 Å². The Morgan fingerprint density at radius 2 is 1.62 bits per heavy atom. The topological polar surface area (TPSA) is 86.7 Å². The number of hydrogen-bond donors (Lipinski definition) is 1. The molecule has 2 rings (SSSR count). The van der Waals surface area contributed by atoms with Gasteiger partial charge in [0, 0.05) is 0 Å². The Bertz CT molecular complexity index is 805. The van der Waals surface area contributed by atoms with Gasteiger partial charge in [0.1, 0.15) is 11.5 Å². The molecule has 2 aromatic carbocycles. The molecule has 0 heterocycles. The summed E-state index contributed by atoms with van der Waals surface area (Å²) in [5.74, 6) is -0.432. The quantitative estimate of drug-likeness (QED) is 0.399. The molecule has 0 bridgehead atoms. The minimum atomic E-state index is -4.57. The van der Waals surface area contributed by atoms with Crippen LogP contribution in [0.1, 0.15) is 44.6 Å². The van der Waals surface area contributed by atoms with Crippen molar-refractivity contribution in [3.63, 3.8) is 0 Å². The van der Waals surface area contributed by atoms with Crippen LogP contribution in [-0.2, 0) is 16.5 Å². The zero-order valence-corrected chi connectivity index (χ0v) is 18.1. The Morgan fingerprint density at radius 1 is 0.962 bits per heavy atom. The van der Waals surface area contributed by atoms with Crippen LogP contribution < -0.4 is 39.4 Å². The first kappa shape index (κ1) is 23.0. The first-order valence-corrected chi connectivity index (χ1v) is 9.90. The third kappa shape index (κ3) is 6.59. The van der Waals surface area contributed by atoms with Gasteiger partial charge in [-0.25, -0.2) is 0 Å². The molecule has 0 aliphatic rings. The van der Waals surface area contributed by atoms with Gasteiger partial charge in [-0.15, -0.1) is 0 Å². The predicted octanol–water partition coefficient (Wildman–Crippen LogP) is 1.32. The Hall–Kier alpha value is -1.05. The summed E-state index contributed by atoms with van der Waals surface area (Å²) in [6, 6.07) is 11.2. The van der Waals surface area contributed by atoms with Crippen molar-refractivity contribution in [3.8, 4) is 17.2 Å². The van der Waals surface area contributed by atoms with Crippen LogP contribution in [0.15, 0.2) is 47.4 Å². The average Bonchev–Trinajstić information content (AvgIpc) is 2.57. The van der Waals surface area contributed by atoms with Gasteiger partial charge in [0.15, 0.2) is 0 Å². The van der Waals surface area contributed by atoms with E-state index in [-0.39, 0.29) is 35.3 Å². The largest absolute Gasteiger partial charge is 1.00 e. The van der Waals surface area contributed by atoms with Gasteiger partial charge >= 0.3 is 29.6 Å². The fraction of sp³-hybridized carbons (Fsp3) is 0.368. The first-order chi connectivity index (χ1) is 11.9. The molecule has 0 fully saturated rings. The van der Waals surface area contributed by atoms with Gasteiger partial charge in [-0.1, -0.05) is 56.9 Å². The van der Waals surface area contributed by atoms with Gasteiger partial charge in [-0.3, -0.25) is 4.55 Å². The summed E-state index contributed by atoms with van der Waals surface area (Å²) in [7, 11) is -4.57. The minimum Gasteiger partial charge on any atom is -0.869 e. The second-order valence-corrected chi connectivity index (χ2v) is 7.32. The molecule has 0 aromatic heterocycles. The summed E-state index contributed by atoms with van der Waals surface area (Å²) in [5, 5.41) is 12.2. The molecule has 0 radical (unpaired) electrons. The SMILES string of the molecule is CCCCCCCc1ccccc1Oc1cccc(S(=O)(=O)O)c1[O-].[Na+]. The predicted molar refractivity (Wildman–Crippen MR) is 94.7 cm³/mol. The molecule has 1 N–H and O–H groups in total. The molecule has 7 heteroatoms. The fourth-order valence-corrected chi connectivity index (χ4v) is 3.21. The number of hydrogen-bond acceptors (Lipinski definition) is 4. The molecular weight excluding hydrogens is 363 g/mol. The Kier molecular flexibility index (Phi) is 9.68. The fourth-order valence-electron chi connectivity index (χ4n) is 2.63. The molecular formula is C19H23NaO5S. The molecule has 0 spiro atoms. The maximum atomic E-state index is 12.2. The molecule has 136 valence electrons. The van der Waals surface area contributed by atoms with E-state index in [0.717, 1.165) is 30.9 Å². The maximum Gasteiger partial charge on any atom is 1.00 e. The standard InChI is InChI=1S/C19H24O5S.Na/c1-2-3-4-5-6-10-15-11-7-8-12-16(15)24-17-13-9-14-18(19(17)20)25(21,22)23;/h7-9,11-14,20H,2-6,10H2,1H3,(H,21,22,23);/q;+1/p-1. The summed E-state index contributed by atoms with van der Waals surface area (Å²) < 4.78 is 37.3. The number of unbranched alkanes of at least 4 members (excludes halogenated alkanes) is 4. The van der Waals surface area contributed by atoms with E-state index in [2.05, 4.69) is 6.92 Å². The smallest absolute Gasteiger partial charge is 0.869 e. The minimum absolute atomic E-state index is 0. The van der Waals surface area contributed by atoms with Crippen LogP contribution in [0.2, 0.25) is 0 Å². The van der Waals surface area contributed by atoms with E-state index in [1.54, 1.807) is 12.1 Å². The molecule has 0 amide bonds. The Morgan fingerprint density at radius 3 is 2.31 bits per heavy atom. The van der Waals surface area contributed by atoms with Crippen LogP contribution in [0.5, 0.6) is 17.2 Å². The number of ether oxygens (including phenoxy) is 1. The monoisotopic (exact) mass is 386 g/mol. The van der Waals surface area contributed by atoms with Crippen molar-refractivity contribution in [2.24, 2.45) is 0 Å². The van der Waals surface area contributed by atoms with Crippen molar-refractivity contribution in [2.75, 3.05) is 0 Å². The summed E-state index contributed by atoms with van der Waals surface area (Å²) in [6.07, 6.45) is 6.59. The van der Waals surface area contributed by atoms with Crippen LogP contribution in [0.25, 0.3) is 0 Å². The van der Waals surface area contributed by atoms with Crippen molar-refractivity contribution in [1.29, 1.82) is 0 Å². The summed E-state index contributed by atoms with van der Waals surface area (Å²) >= 11 is 0. The summed E-state index contributed by atoms with van der Waals surface area (Å²) in [5.41, 5.74) is 0.968. The van der Waals surface area contributed by atoms with E-state index >= 15 is 0 Å². The maximum absolute atomic E-state index is 12.2. The molecule has 0 atom stereocenters. The van der Waals surface area contributed by atoms with Gasteiger partial charge < -0.3 is 9.84 Å². The zero-order valence-electron chi connectivity index (χ0n) is 15.3. The molecule has 0 unspecified atom stereocenters. The normalized spacial score (nSPS) is 11.0. The van der Waals surface area contributed by atoms with Crippen molar-refractivity contribution < 1.29 is 52.4 Å². The van der Waals surface area contributed by atoms with Crippen LogP contribution >= 0.6 is 0 Å². The van der Waals surface area contributed by atoms with Gasteiger partial charge in [0.25, 0.3) is 10.1 Å². The molecule has 26 heavy (non-hydrogen) atoms. The molecule has 0 aliphatic carbocycles. The average molecular weight is 386 g/mol. The van der Waals surface area contributed by atoms with Gasteiger partial charge in [-0.2, -0.15) is 8.42 Å². The van der Waals surface area contributed by atoms with E-state index in [0.29, 0.717) is 5.75 Å². The van der Waals surface area contributed by atoms with Crippen LogP contribution in [0, 0.1) is 0 Å². The molecule has 2 aromatic rings. The van der Waals surface area contributed by atoms with E-state index in [1.165, 1.54) is 31.4 Å². The summed E-state index contributed by atoms with van der Waals surface area (Å²) in [4.78, 5) is -0.679. The second kappa shape index (κ2) is 10.9. The van der Waals surface area contributed by atoms with Crippen LogP contribution in [-0.4, -0.2) is 13.0 Å². The zero-order chi connectivity index (χ0) is 18.3. The van der Waals surface area contributed by atoms with E-state index in [4.69, 9.17) is 9.29 Å². The third-order valence-electron chi connectivity index (χ3n) is 3.96. The number of rotatable bonds is 9. The molecule has 0 aliphatic heterocycles. The second-order valence-electron chi connectivity index (χ2n) is 5.93. The third-order valence-corrected chi connectivity index (χ3v) is 4.84. The molecule has 0 saturated heterocycles. The van der Waals surface area contributed by atoms with Crippen molar-refractivity contribution in [3.05, 3.63) is 48.0 Å². The van der Waals surface area contributed by atoms with Gasteiger partial charge in [0.05, 0.1) is 4.90 Å². The van der Waals surface area contributed by atoms with Gasteiger partial charge in [-0.05, 0) is 42.4 Å². The van der Waals surface area contributed by atoms with Crippen molar-refractivity contribution in [1.82, 2.24) is 0 Å². The number of aryl methyl sites for hydroxylation is 1. The molecule has 5 nitrogen and oxygen atoms in total.